The highest BCUT2D eigenvalue weighted by Crippen LogP contribution is 2.29. The third kappa shape index (κ3) is 3.10. The molecule has 100 valence electrons. The molecule has 2 atom stereocenters. The lowest BCUT2D eigenvalue weighted by molar-refractivity contribution is -0.142. The molecule has 1 aromatic rings. The van der Waals surface area contributed by atoms with Crippen molar-refractivity contribution in [3.05, 3.63) is 21.9 Å². The van der Waals surface area contributed by atoms with Crippen molar-refractivity contribution < 1.29 is 14.6 Å². The van der Waals surface area contributed by atoms with Gasteiger partial charge in [-0.3, -0.25) is 9.69 Å². The monoisotopic (exact) mass is 269 g/mol. The molecule has 2 unspecified atom stereocenters. The Balaban J connectivity index is 2.00. The van der Waals surface area contributed by atoms with Crippen LogP contribution in [0.4, 0.5) is 0 Å². The summed E-state index contributed by atoms with van der Waals surface area (Å²) in [4.78, 5) is 14.4. The number of carboxylic acids is 1. The number of carbonyl (C=O) groups is 1. The molecule has 0 bridgehead atoms. The molecule has 0 radical (unpaired) electrons. The summed E-state index contributed by atoms with van der Waals surface area (Å²) in [6, 6.07) is 2.47. The molecule has 1 N–H and O–H groups in total. The highest BCUT2D eigenvalue weighted by Gasteiger charge is 2.27. The number of morpholine rings is 1. The van der Waals surface area contributed by atoms with Crippen LogP contribution in [0.25, 0.3) is 0 Å². The van der Waals surface area contributed by atoms with Crippen molar-refractivity contribution in [2.24, 2.45) is 0 Å². The number of rotatable bonds is 4. The van der Waals surface area contributed by atoms with E-state index in [2.05, 4.69) is 30.2 Å². The van der Waals surface area contributed by atoms with Crippen molar-refractivity contribution in [3.8, 4) is 0 Å². The predicted molar refractivity (Wildman–Crippen MR) is 71.0 cm³/mol. The molecule has 5 heteroatoms. The second kappa shape index (κ2) is 5.82. The van der Waals surface area contributed by atoms with Crippen LogP contribution in [-0.4, -0.2) is 41.8 Å². The molecule has 2 rings (SSSR count). The maximum absolute atomic E-state index is 10.7. The molecule has 0 aromatic carbocycles. The average molecular weight is 269 g/mol. The van der Waals surface area contributed by atoms with E-state index in [-0.39, 0.29) is 12.5 Å². The van der Waals surface area contributed by atoms with Gasteiger partial charge in [-0.25, -0.2) is 0 Å². The number of ether oxygens (including phenoxy) is 1. The Morgan fingerprint density at radius 2 is 2.50 bits per heavy atom. The number of carboxylic acid groups (broad SMARTS) is 1. The van der Waals surface area contributed by atoms with Crippen molar-refractivity contribution in [2.45, 2.75) is 32.4 Å². The first-order valence-corrected chi connectivity index (χ1v) is 7.07. The molecule has 18 heavy (non-hydrogen) atoms. The first kappa shape index (κ1) is 13.5. The largest absolute Gasteiger partial charge is 0.481 e. The molecule has 1 aromatic heterocycles. The molecule has 1 aliphatic heterocycles. The molecular weight excluding hydrogens is 250 g/mol. The van der Waals surface area contributed by atoms with Crippen molar-refractivity contribution in [1.82, 2.24) is 4.90 Å². The predicted octanol–water partition coefficient (Wildman–Crippen LogP) is 2.29. The molecule has 0 amide bonds. The summed E-state index contributed by atoms with van der Waals surface area (Å²) in [5, 5.41) is 10.9. The Kier molecular flexibility index (Phi) is 4.37. The van der Waals surface area contributed by atoms with E-state index < -0.39 is 5.97 Å². The van der Waals surface area contributed by atoms with Crippen LogP contribution >= 0.6 is 11.3 Å². The third-order valence-electron chi connectivity index (χ3n) is 3.40. The van der Waals surface area contributed by atoms with E-state index in [0.717, 1.165) is 6.54 Å². The zero-order valence-electron chi connectivity index (χ0n) is 10.8. The lowest BCUT2D eigenvalue weighted by Gasteiger charge is -2.36. The van der Waals surface area contributed by atoms with E-state index in [1.165, 1.54) is 10.4 Å². The molecule has 1 saturated heterocycles. The minimum absolute atomic E-state index is 0.0899. The van der Waals surface area contributed by atoms with Crippen LogP contribution < -0.4 is 0 Å². The summed E-state index contributed by atoms with van der Waals surface area (Å²) in [5.41, 5.74) is 1.31. The fraction of sp³-hybridized carbons (Fsp3) is 0.615. The van der Waals surface area contributed by atoms with Crippen molar-refractivity contribution in [1.29, 1.82) is 0 Å². The van der Waals surface area contributed by atoms with Gasteiger partial charge in [0.2, 0.25) is 0 Å². The molecule has 0 aliphatic carbocycles. The van der Waals surface area contributed by atoms with Gasteiger partial charge in [-0.15, -0.1) is 11.3 Å². The van der Waals surface area contributed by atoms with Crippen LogP contribution in [-0.2, 0) is 9.53 Å². The maximum Gasteiger partial charge on any atom is 0.306 e. The summed E-state index contributed by atoms with van der Waals surface area (Å²) >= 11 is 1.77. The van der Waals surface area contributed by atoms with Crippen molar-refractivity contribution in [2.75, 3.05) is 19.7 Å². The van der Waals surface area contributed by atoms with Gasteiger partial charge < -0.3 is 9.84 Å². The summed E-state index contributed by atoms with van der Waals surface area (Å²) in [6.07, 6.45) is -0.0916. The quantitative estimate of drug-likeness (QED) is 0.911. The van der Waals surface area contributed by atoms with Gasteiger partial charge in [0.1, 0.15) is 0 Å². The summed E-state index contributed by atoms with van der Waals surface area (Å²) < 4.78 is 5.50. The van der Waals surface area contributed by atoms with Crippen LogP contribution in [0.1, 0.15) is 29.8 Å². The SMILES string of the molecule is Cc1ccsc1C(C)N1CCOC(CC(=O)O)C1. The number of nitrogens with zero attached hydrogens (tertiary/aromatic N) is 1. The minimum Gasteiger partial charge on any atom is -0.481 e. The Bertz CT molecular complexity index is 418. The van der Waals surface area contributed by atoms with E-state index >= 15 is 0 Å². The van der Waals surface area contributed by atoms with E-state index in [1.54, 1.807) is 11.3 Å². The lowest BCUT2D eigenvalue weighted by Crippen LogP contribution is -2.44. The van der Waals surface area contributed by atoms with Crippen LogP contribution in [0, 0.1) is 6.92 Å². The Hall–Kier alpha value is -0.910. The highest BCUT2D eigenvalue weighted by atomic mass is 32.1. The molecule has 1 fully saturated rings. The Morgan fingerprint density at radius 1 is 1.72 bits per heavy atom. The molecule has 2 heterocycles. The second-order valence-corrected chi connectivity index (χ2v) is 5.68. The molecular formula is C13H19NO3S. The van der Waals surface area contributed by atoms with E-state index in [0.29, 0.717) is 19.2 Å². The fourth-order valence-electron chi connectivity index (χ4n) is 2.39. The van der Waals surface area contributed by atoms with Gasteiger partial charge in [0.15, 0.2) is 0 Å². The summed E-state index contributed by atoms with van der Waals surface area (Å²) in [5.74, 6) is -0.790. The standard InChI is InChI=1S/C13H19NO3S/c1-9-3-6-18-13(9)10(2)14-4-5-17-11(8-14)7-12(15)16/h3,6,10-11H,4-5,7-8H2,1-2H3,(H,15,16). The molecule has 1 aliphatic rings. The third-order valence-corrected chi connectivity index (χ3v) is 4.59. The van der Waals surface area contributed by atoms with Gasteiger partial charge in [-0.2, -0.15) is 0 Å². The smallest absolute Gasteiger partial charge is 0.306 e. The zero-order chi connectivity index (χ0) is 13.1. The molecule has 4 nitrogen and oxygen atoms in total. The van der Waals surface area contributed by atoms with Crippen LogP contribution in [0.3, 0.4) is 0 Å². The van der Waals surface area contributed by atoms with Crippen molar-refractivity contribution >= 4 is 17.3 Å². The minimum atomic E-state index is -0.790. The lowest BCUT2D eigenvalue weighted by atomic mass is 10.1. The normalized spacial score (nSPS) is 22.9. The zero-order valence-corrected chi connectivity index (χ0v) is 11.6. The first-order chi connectivity index (χ1) is 8.58. The van der Waals surface area contributed by atoms with Gasteiger partial charge in [0.25, 0.3) is 0 Å². The van der Waals surface area contributed by atoms with Gasteiger partial charge in [0, 0.05) is 24.0 Å². The number of hydrogen-bond acceptors (Lipinski definition) is 4. The number of thiophene rings is 1. The fourth-order valence-corrected chi connectivity index (χ4v) is 3.41. The van der Waals surface area contributed by atoms with Gasteiger partial charge in [-0.05, 0) is 30.9 Å². The van der Waals surface area contributed by atoms with E-state index in [4.69, 9.17) is 9.84 Å². The van der Waals surface area contributed by atoms with E-state index in [1.807, 2.05) is 0 Å². The average Bonchev–Trinajstić information content (AvgIpc) is 2.74. The number of hydrogen-bond donors (Lipinski definition) is 1. The number of aryl methyl sites for hydroxylation is 1. The first-order valence-electron chi connectivity index (χ1n) is 6.19. The Morgan fingerprint density at radius 3 is 3.11 bits per heavy atom. The van der Waals surface area contributed by atoms with Crippen LogP contribution in [0.15, 0.2) is 11.4 Å². The van der Waals surface area contributed by atoms with Gasteiger partial charge >= 0.3 is 5.97 Å². The van der Waals surface area contributed by atoms with Crippen LogP contribution in [0.5, 0.6) is 0 Å². The maximum atomic E-state index is 10.7. The number of aliphatic carboxylic acids is 1. The van der Waals surface area contributed by atoms with Gasteiger partial charge in [0.05, 0.1) is 19.1 Å². The van der Waals surface area contributed by atoms with Crippen LogP contribution in [0.2, 0.25) is 0 Å². The molecule has 0 saturated carbocycles. The van der Waals surface area contributed by atoms with E-state index in [9.17, 15) is 4.79 Å². The second-order valence-electron chi connectivity index (χ2n) is 4.73. The summed E-state index contributed by atoms with van der Waals surface area (Å²) in [7, 11) is 0. The summed E-state index contributed by atoms with van der Waals surface area (Å²) in [6.45, 7) is 6.49. The van der Waals surface area contributed by atoms with Crippen molar-refractivity contribution in [3.63, 3.8) is 0 Å². The molecule has 0 spiro atoms. The van der Waals surface area contributed by atoms with Gasteiger partial charge in [-0.1, -0.05) is 0 Å². The topological polar surface area (TPSA) is 49.8 Å². The highest BCUT2D eigenvalue weighted by molar-refractivity contribution is 7.10. The Labute approximate surface area is 111 Å².